The number of carbonyl (C=O) groups is 3. The maximum atomic E-state index is 13.0. The van der Waals surface area contributed by atoms with Gasteiger partial charge in [-0.2, -0.15) is 0 Å². The van der Waals surface area contributed by atoms with Crippen LogP contribution in [0.15, 0.2) is 41.3 Å². The highest BCUT2D eigenvalue weighted by atomic mass is 35.5. The first-order valence-electron chi connectivity index (χ1n) is 10.1. The number of anilines is 1. The van der Waals surface area contributed by atoms with Crippen LogP contribution in [0.5, 0.6) is 11.5 Å². The molecule has 7 nitrogen and oxygen atoms in total. The minimum atomic E-state index is -0.470. The van der Waals surface area contributed by atoms with Crippen LogP contribution in [0, 0.1) is 5.82 Å². The van der Waals surface area contributed by atoms with Gasteiger partial charge < -0.3 is 14.8 Å². The third-order valence-electron chi connectivity index (χ3n) is 4.88. The standard InChI is InChI=1S/C23H22ClFN2O5S/c1-4-13(2)27-22(29)19(33-23(27)30)11-14-9-17(24)21(18(10-14)31-3)32-12-20(28)26-16-7-5-15(25)6-8-16/h5-11,13H,4,12H2,1-3H3,(H,26,28)/b19-11+/t13-/m0/s1. The van der Waals surface area contributed by atoms with Gasteiger partial charge in [-0.05, 0) is 73.1 Å². The lowest BCUT2D eigenvalue weighted by Gasteiger charge is -2.19. The molecule has 33 heavy (non-hydrogen) atoms. The third kappa shape index (κ3) is 5.85. The molecule has 1 atom stereocenters. The fraction of sp³-hybridized carbons (Fsp3) is 0.261. The lowest BCUT2D eigenvalue weighted by atomic mass is 10.1. The van der Waals surface area contributed by atoms with Crippen molar-refractivity contribution < 1.29 is 28.2 Å². The van der Waals surface area contributed by atoms with Crippen LogP contribution in [-0.4, -0.2) is 41.7 Å². The normalized spacial score (nSPS) is 15.7. The maximum Gasteiger partial charge on any atom is 0.293 e. The summed E-state index contributed by atoms with van der Waals surface area (Å²) in [5.74, 6) is -0.831. The number of benzene rings is 2. The van der Waals surface area contributed by atoms with Crippen LogP contribution in [0.3, 0.4) is 0 Å². The lowest BCUT2D eigenvalue weighted by molar-refractivity contribution is -0.124. The van der Waals surface area contributed by atoms with Crippen molar-refractivity contribution in [2.45, 2.75) is 26.3 Å². The minimum absolute atomic E-state index is 0.151. The second-order valence-corrected chi connectivity index (χ2v) is 8.59. The first-order chi connectivity index (χ1) is 15.7. The first-order valence-corrected chi connectivity index (χ1v) is 11.3. The molecule has 0 aliphatic carbocycles. The number of thioether (sulfide) groups is 1. The summed E-state index contributed by atoms with van der Waals surface area (Å²) < 4.78 is 23.9. The SMILES string of the molecule is CC[C@H](C)N1C(=O)S/C(=C/c2cc(Cl)c(OCC(=O)Nc3ccc(F)cc3)c(OC)c2)C1=O. The summed E-state index contributed by atoms with van der Waals surface area (Å²) >= 11 is 7.22. The Kier molecular flexibility index (Phi) is 7.99. The first kappa shape index (κ1) is 24.6. The molecule has 0 bridgehead atoms. The van der Waals surface area contributed by atoms with Crippen LogP contribution in [0.2, 0.25) is 5.02 Å². The van der Waals surface area contributed by atoms with Crippen LogP contribution < -0.4 is 14.8 Å². The van der Waals surface area contributed by atoms with Crippen molar-refractivity contribution >= 4 is 52.2 Å². The fourth-order valence-electron chi connectivity index (χ4n) is 3.02. The van der Waals surface area contributed by atoms with Gasteiger partial charge in [0, 0.05) is 11.7 Å². The quantitative estimate of drug-likeness (QED) is 0.501. The molecular weight excluding hydrogens is 471 g/mol. The Morgan fingerprint density at radius 2 is 1.97 bits per heavy atom. The Morgan fingerprint density at radius 1 is 1.27 bits per heavy atom. The highest BCUT2D eigenvalue weighted by Crippen LogP contribution is 2.39. The van der Waals surface area contributed by atoms with Gasteiger partial charge >= 0.3 is 0 Å². The summed E-state index contributed by atoms with van der Waals surface area (Å²) in [6.07, 6.45) is 2.22. The van der Waals surface area contributed by atoms with E-state index in [-0.39, 0.29) is 45.2 Å². The molecule has 2 aromatic rings. The Hall–Kier alpha value is -3.04. The summed E-state index contributed by atoms with van der Waals surface area (Å²) in [7, 11) is 1.41. The highest BCUT2D eigenvalue weighted by Gasteiger charge is 2.37. The number of methoxy groups -OCH3 is 1. The molecule has 174 valence electrons. The molecular formula is C23H22ClFN2O5S. The number of halogens is 2. The second kappa shape index (κ2) is 10.7. The Balaban J connectivity index is 1.74. The van der Waals surface area contributed by atoms with E-state index in [9.17, 15) is 18.8 Å². The monoisotopic (exact) mass is 492 g/mol. The van der Waals surface area contributed by atoms with E-state index in [1.165, 1.54) is 36.3 Å². The van der Waals surface area contributed by atoms with Crippen molar-refractivity contribution in [2.75, 3.05) is 19.0 Å². The van der Waals surface area contributed by atoms with E-state index in [4.69, 9.17) is 21.1 Å². The minimum Gasteiger partial charge on any atom is -0.493 e. The van der Waals surface area contributed by atoms with Gasteiger partial charge in [0.1, 0.15) is 5.82 Å². The summed E-state index contributed by atoms with van der Waals surface area (Å²) in [5, 5.41) is 2.43. The van der Waals surface area contributed by atoms with Crippen LogP contribution >= 0.6 is 23.4 Å². The molecule has 1 aliphatic heterocycles. The topological polar surface area (TPSA) is 84.9 Å². The molecule has 0 unspecified atom stereocenters. The maximum absolute atomic E-state index is 13.0. The van der Waals surface area contributed by atoms with Gasteiger partial charge in [0.25, 0.3) is 17.1 Å². The van der Waals surface area contributed by atoms with E-state index in [1.54, 1.807) is 18.2 Å². The largest absolute Gasteiger partial charge is 0.493 e. The number of carbonyl (C=O) groups excluding carboxylic acids is 3. The molecule has 1 N–H and O–H groups in total. The number of hydrogen-bond donors (Lipinski definition) is 1. The number of rotatable bonds is 8. The van der Waals surface area contributed by atoms with Gasteiger partial charge in [-0.15, -0.1) is 0 Å². The molecule has 2 aromatic carbocycles. The van der Waals surface area contributed by atoms with Crippen molar-refractivity contribution in [2.24, 2.45) is 0 Å². The third-order valence-corrected chi connectivity index (χ3v) is 6.04. The molecule has 0 spiro atoms. The van der Waals surface area contributed by atoms with Crippen LogP contribution in [0.25, 0.3) is 6.08 Å². The Bertz CT molecular complexity index is 1110. The molecule has 0 saturated carbocycles. The smallest absolute Gasteiger partial charge is 0.293 e. The van der Waals surface area contributed by atoms with E-state index in [1.807, 2.05) is 13.8 Å². The van der Waals surface area contributed by atoms with Crippen molar-refractivity contribution in [1.29, 1.82) is 0 Å². The number of nitrogens with zero attached hydrogens (tertiary/aromatic N) is 1. The molecule has 3 amide bonds. The van der Waals surface area contributed by atoms with Crippen LogP contribution in [-0.2, 0) is 9.59 Å². The van der Waals surface area contributed by atoms with Gasteiger partial charge in [-0.3, -0.25) is 19.3 Å². The number of ether oxygens (including phenoxy) is 2. The lowest BCUT2D eigenvalue weighted by Crippen LogP contribution is -2.36. The molecule has 10 heteroatoms. The molecule has 0 radical (unpaired) electrons. The Morgan fingerprint density at radius 3 is 2.61 bits per heavy atom. The number of nitrogens with one attached hydrogen (secondary N) is 1. The van der Waals surface area contributed by atoms with Crippen LogP contribution in [0.1, 0.15) is 25.8 Å². The molecule has 0 aromatic heterocycles. The van der Waals surface area contributed by atoms with Gasteiger partial charge in [-0.1, -0.05) is 18.5 Å². The van der Waals surface area contributed by atoms with E-state index in [0.717, 1.165) is 11.8 Å². The van der Waals surface area contributed by atoms with Crippen LogP contribution in [0.4, 0.5) is 14.9 Å². The van der Waals surface area contributed by atoms with E-state index < -0.39 is 11.7 Å². The fourth-order valence-corrected chi connectivity index (χ4v) is 4.23. The van der Waals surface area contributed by atoms with Gasteiger partial charge in [0.05, 0.1) is 17.0 Å². The zero-order chi connectivity index (χ0) is 24.1. The molecule has 3 rings (SSSR count). The van der Waals surface area contributed by atoms with E-state index in [2.05, 4.69) is 5.32 Å². The number of amides is 3. The average molecular weight is 493 g/mol. The summed E-state index contributed by atoms with van der Waals surface area (Å²) in [6, 6.07) is 8.26. The van der Waals surface area contributed by atoms with Gasteiger partial charge in [0.2, 0.25) is 0 Å². The molecule has 1 heterocycles. The zero-order valence-electron chi connectivity index (χ0n) is 18.2. The predicted molar refractivity (Wildman–Crippen MR) is 126 cm³/mol. The van der Waals surface area contributed by atoms with E-state index in [0.29, 0.717) is 17.7 Å². The summed E-state index contributed by atoms with van der Waals surface area (Å²) in [6.45, 7) is 3.36. The summed E-state index contributed by atoms with van der Waals surface area (Å²) in [4.78, 5) is 38.5. The number of imide groups is 1. The second-order valence-electron chi connectivity index (χ2n) is 7.19. The van der Waals surface area contributed by atoms with Crippen molar-refractivity contribution in [3.8, 4) is 11.5 Å². The van der Waals surface area contributed by atoms with Gasteiger partial charge in [0.15, 0.2) is 18.1 Å². The Labute approximate surface area is 199 Å². The molecule has 1 aliphatic rings. The van der Waals surface area contributed by atoms with Crippen molar-refractivity contribution in [3.05, 3.63) is 57.7 Å². The van der Waals surface area contributed by atoms with Crippen molar-refractivity contribution in [3.63, 3.8) is 0 Å². The summed E-state index contributed by atoms with van der Waals surface area (Å²) in [5.41, 5.74) is 0.958. The van der Waals surface area contributed by atoms with E-state index >= 15 is 0 Å². The van der Waals surface area contributed by atoms with Gasteiger partial charge in [-0.25, -0.2) is 4.39 Å². The average Bonchev–Trinajstić information content (AvgIpc) is 3.06. The zero-order valence-corrected chi connectivity index (χ0v) is 19.8. The molecule has 1 saturated heterocycles. The number of hydrogen-bond acceptors (Lipinski definition) is 6. The predicted octanol–water partition coefficient (Wildman–Crippen LogP) is 5.34. The molecule has 1 fully saturated rings. The highest BCUT2D eigenvalue weighted by molar-refractivity contribution is 8.18. The van der Waals surface area contributed by atoms with Crippen molar-refractivity contribution in [1.82, 2.24) is 4.90 Å².